The lowest BCUT2D eigenvalue weighted by molar-refractivity contribution is 0.0951. The molecule has 1 aromatic heterocycles. The largest absolute Gasteiger partial charge is 0.451 e. The number of thiocarbonyl (C=S) groups is 1. The van der Waals surface area contributed by atoms with Crippen LogP contribution in [0.3, 0.4) is 0 Å². The van der Waals surface area contributed by atoms with Crippen molar-refractivity contribution < 1.29 is 9.21 Å². The number of amides is 1. The van der Waals surface area contributed by atoms with E-state index in [1.807, 2.05) is 13.0 Å². The van der Waals surface area contributed by atoms with E-state index in [-0.39, 0.29) is 10.9 Å². The molecule has 27 heavy (non-hydrogen) atoms. The fraction of sp³-hybridized carbons (Fsp3) is 0.0526. The van der Waals surface area contributed by atoms with Gasteiger partial charge in [0, 0.05) is 21.3 Å². The standard InChI is InChI=1S/C19H13Cl3N2O2S/c1-10-2-3-12(21)9-15(10)23-19(27)24-18(25)17-7-6-16(26-17)13-5-4-11(20)8-14(13)22/h2-9H,1H3,(H2,23,24,25,27). The van der Waals surface area contributed by atoms with E-state index in [1.165, 1.54) is 0 Å². The van der Waals surface area contributed by atoms with Crippen LogP contribution in [0.25, 0.3) is 11.3 Å². The molecule has 4 nitrogen and oxygen atoms in total. The van der Waals surface area contributed by atoms with Gasteiger partial charge in [-0.15, -0.1) is 0 Å². The van der Waals surface area contributed by atoms with Crippen molar-refractivity contribution in [3.63, 3.8) is 0 Å². The molecule has 0 atom stereocenters. The van der Waals surface area contributed by atoms with E-state index < -0.39 is 5.91 Å². The fourth-order valence-electron chi connectivity index (χ4n) is 2.34. The number of hydrogen-bond donors (Lipinski definition) is 2. The normalized spacial score (nSPS) is 10.5. The average Bonchev–Trinajstić information content (AvgIpc) is 3.08. The second-order valence-corrected chi connectivity index (χ2v) is 7.34. The van der Waals surface area contributed by atoms with Crippen molar-refractivity contribution in [3.05, 3.63) is 74.9 Å². The topological polar surface area (TPSA) is 54.3 Å². The Hall–Kier alpha value is -2.05. The van der Waals surface area contributed by atoms with E-state index >= 15 is 0 Å². The van der Waals surface area contributed by atoms with Crippen molar-refractivity contribution in [2.75, 3.05) is 5.32 Å². The van der Waals surface area contributed by atoms with Gasteiger partial charge in [-0.05, 0) is 67.2 Å². The van der Waals surface area contributed by atoms with Gasteiger partial charge in [0.15, 0.2) is 10.9 Å². The lowest BCUT2D eigenvalue weighted by Crippen LogP contribution is -2.34. The van der Waals surface area contributed by atoms with E-state index in [1.54, 1.807) is 42.5 Å². The number of aryl methyl sites for hydroxylation is 1. The Morgan fingerprint density at radius 1 is 1.00 bits per heavy atom. The highest BCUT2D eigenvalue weighted by molar-refractivity contribution is 7.80. The summed E-state index contributed by atoms with van der Waals surface area (Å²) in [5, 5.41) is 7.15. The summed E-state index contributed by atoms with van der Waals surface area (Å²) >= 11 is 23.2. The molecule has 0 radical (unpaired) electrons. The SMILES string of the molecule is Cc1ccc(Cl)cc1NC(=S)NC(=O)c1ccc(-c2ccc(Cl)cc2Cl)o1. The molecule has 8 heteroatoms. The summed E-state index contributed by atoms with van der Waals surface area (Å²) in [5.41, 5.74) is 2.28. The molecule has 0 fully saturated rings. The molecule has 0 unspecified atom stereocenters. The molecule has 0 aliphatic rings. The minimum absolute atomic E-state index is 0.1000. The molecule has 138 valence electrons. The molecule has 0 aliphatic carbocycles. The second kappa shape index (κ2) is 8.31. The Bertz CT molecular complexity index is 1030. The third kappa shape index (κ3) is 4.82. The van der Waals surface area contributed by atoms with Gasteiger partial charge in [0.1, 0.15) is 5.76 Å². The van der Waals surface area contributed by atoms with E-state index in [9.17, 15) is 4.79 Å². The quantitative estimate of drug-likeness (QED) is 0.467. The van der Waals surface area contributed by atoms with Crippen LogP contribution in [0.1, 0.15) is 16.1 Å². The average molecular weight is 440 g/mol. The number of furan rings is 1. The smallest absolute Gasteiger partial charge is 0.293 e. The highest BCUT2D eigenvalue weighted by atomic mass is 35.5. The van der Waals surface area contributed by atoms with Crippen molar-refractivity contribution in [1.82, 2.24) is 5.32 Å². The first kappa shape index (κ1) is 19.7. The second-order valence-electron chi connectivity index (χ2n) is 5.66. The molecular weight excluding hydrogens is 427 g/mol. The number of rotatable bonds is 3. The molecule has 0 saturated heterocycles. The molecule has 2 N–H and O–H groups in total. The van der Waals surface area contributed by atoms with Crippen molar-refractivity contribution in [3.8, 4) is 11.3 Å². The maximum Gasteiger partial charge on any atom is 0.293 e. The van der Waals surface area contributed by atoms with Crippen molar-refractivity contribution in [2.45, 2.75) is 6.92 Å². The van der Waals surface area contributed by atoms with Gasteiger partial charge >= 0.3 is 0 Å². The Morgan fingerprint density at radius 3 is 2.44 bits per heavy atom. The minimum atomic E-state index is -0.483. The van der Waals surface area contributed by atoms with Crippen LogP contribution in [-0.4, -0.2) is 11.0 Å². The first-order valence-corrected chi connectivity index (χ1v) is 9.31. The van der Waals surface area contributed by atoms with E-state index in [4.69, 9.17) is 51.4 Å². The zero-order valence-electron chi connectivity index (χ0n) is 14.0. The molecule has 0 aliphatic heterocycles. The van der Waals surface area contributed by atoms with Crippen LogP contribution < -0.4 is 10.6 Å². The van der Waals surface area contributed by atoms with Crippen molar-refractivity contribution in [1.29, 1.82) is 0 Å². The lowest BCUT2D eigenvalue weighted by Gasteiger charge is -2.11. The molecular formula is C19H13Cl3N2O2S. The molecule has 0 bridgehead atoms. The van der Waals surface area contributed by atoms with Crippen LogP contribution in [-0.2, 0) is 0 Å². The monoisotopic (exact) mass is 438 g/mol. The van der Waals surface area contributed by atoms with Crippen LogP contribution in [0.5, 0.6) is 0 Å². The number of carbonyl (C=O) groups is 1. The van der Waals surface area contributed by atoms with Crippen molar-refractivity contribution in [2.24, 2.45) is 0 Å². The maximum atomic E-state index is 12.4. The maximum absolute atomic E-state index is 12.4. The van der Waals surface area contributed by atoms with Gasteiger partial charge < -0.3 is 9.73 Å². The van der Waals surface area contributed by atoms with Gasteiger partial charge in [0.25, 0.3) is 5.91 Å². The van der Waals surface area contributed by atoms with E-state index in [0.29, 0.717) is 32.1 Å². The first-order chi connectivity index (χ1) is 12.8. The number of carbonyl (C=O) groups excluding carboxylic acids is 1. The van der Waals surface area contributed by atoms with Crippen LogP contribution in [0, 0.1) is 6.92 Å². The Morgan fingerprint density at radius 2 is 1.70 bits per heavy atom. The third-order valence-electron chi connectivity index (χ3n) is 3.70. The van der Waals surface area contributed by atoms with Crippen LogP contribution in [0.2, 0.25) is 15.1 Å². The summed E-state index contributed by atoms with van der Waals surface area (Å²) < 4.78 is 5.60. The van der Waals surface area contributed by atoms with Gasteiger partial charge in [-0.3, -0.25) is 10.1 Å². The Kier molecular flexibility index (Phi) is 6.07. The van der Waals surface area contributed by atoms with Gasteiger partial charge in [-0.2, -0.15) is 0 Å². The summed E-state index contributed by atoms with van der Waals surface area (Å²) in [6.45, 7) is 1.90. The van der Waals surface area contributed by atoms with Crippen LogP contribution in [0.15, 0.2) is 52.9 Å². The van der Waals surface area contributed by atoms with Gasteiger partial charge in [0.05, 0.1) is 5.02 Å². The number of hydrogen-bond acceptors (Lipinski definition) is 3. The van der Waals surface area contributed by atoms with Crippen LogP contribution >= 0.6 is 47.0 Å². The third-order valence-corrected chi connectivity index (χ3v) is 4.69. The lowest BCUT2D eigenvalue weighted by atomic mass is 10.2. The van der Waals surface area contributed by atoms with E-state index in [0.717, 1.165) is 5.56 Å². The number of halogens is 3. The number of benzene rings is 2. The zero-order valence-corrected chi connectivity index (χ0v) is 17.1. The molecule has 0 saturated carbocycles. The van der Waals surface area contributed by atoms with Gasteiger partial charge in [-0.25, -0.2) is 0 Å². The highest BCUT2D eigenvalue weighted by Crippen LogP contribution is 2.31. The number of anilines is 1. The molecule has 2 aromatic carbocycles. The Labute approximate surface area is 176 Å². The zero-order chi connectivity index (χ0) is 19.6. The fourth-order valence-corrected chi connectivity index (χ4v) is 3.22. The summed E-state index contributed by atoms with van der Waals surface area (Å²) in [4.78, 5) is 12.4. The Balaban J connectivity index is 1.70. The molecule has 3 rings (SSSR count). The van der Waals surface area contributed by atoms with Crippen LogP contribution in [0.4, 0.5) is 5.69 Å². The molecule has 0 spiro atoms. The summed E-state index contributed by atoms with van der Waals surface area (Å²) in [6.07, 6.45) is 0. The summed E-state index contributed by atoms with van der Waals surface area (Å²) in [5.74, 6) is 0.0675. The van der Waals surface area contributed by atoms with Gasteiger partial charge in [0.2, 0.25) is 0 Å². The molecule has 1 amide bonds. The summed E-state index contributed by atoms with van der Waals surface area (Å²) in [7, 11) is 0. The number of nitrogens with one attached hydrogen (secondary N) is 2. The molecule has 3 aromatic rings. The predicted molar refractivity (Wildman–Crippen MR) is 114 cm³/mol. The summed E-state index contributed by atoms with van der Waals surface area (Å²) in [6, 6.07) is 13.6. The minimum Gasteiger partial charge on any atom is -0.451 e. The van der Waals surface area contributed by atoms with E-state index in [2.05, 4.69) is 10.6 Å². The highest BCUT2D eigenvalue weighted by Gasteiger charge is 2.15. The predicted octanol–water partition coefficient (Wildman–Crippen LogP) is 6.34. The van der Waals surface area contributed by atoms with Crippen molar-refractivity contribution >= 4 is 63.7 Å². The molecule has 1 heterocycles. The van der Waals surface area contributed by atoms with Gasteiger partial charge in [-0.1, -0.05) is 40.9 Å². The first-order valence-electron chi connectivity index (χ1n) is 7.77.